The maximum Gasteiger partial charge on any atom is 0.416 e. The lowest BCUT2D eigenvalue weighted by Crippen LogP contribution is -2.34. The van der Waals surface area contributed by atoms with Crippen LogP contribution in [0.2, 0.25) is 0 Å². The molecule has 16 heavy (non-hydrogen) atoms. The van der Waals surface area contributed by atoms with Gasteiger partial charge in [-0.15, -0.1) is 0 Å². The van der Waals surface area contributed by atoms with Gasteiger partial charge in [-0.3, -0.25) is 0 Å². The number of pyridine rings is 1. The van der Waals surface area contributed by atoms with Crippen molar-refractivity contribution in [1.29, 1.82) is 0 Å². The van der Waals surface area contributed by atoms with Gasteiger partial charge < -0.3 is 15.2 Å². The summed E-state index contributed by atoms with van der Waals surface area (Å²) in [5, 5.41) is 11.2. The molecule has 7 heteroatoms. The number of nitrogens with zero attached hydrogens (tertiary/aromatic N) is 1. The van der Waals surface area contributed by atoms with Crippen LogP contribution in [0.4, 0.5) is 18.9 Å². The zero-order valence-corrected chi connectivity index (χ0v) is 8.45. The lowest BCUT2D eigenvalue weighted by atomic mass is 10.3. The fourth-order valence-electron chi connectivity index (χ4n) is 0.961. The van der Waals surface area contributed by atoms with Crippen LogP contribution in [-0.4, -0.2) is 36.0 Å². The van der Waals surface area contributed by atoms with E-state index >= 15 is 0 Å². The zero-order valence-electron chi connectivity index (χ0n) is 8.45. The van der Waals surface area contributed by atoms with Crippen molar-refractivity contribution in [2.24, 2.45) is 0 Å². The Bertz CT molecular complexity index is 344. The number of nitrogens with one attached hydrogen (secondary N) is 1. The third kappa shape index (κ3) is 3.58. The van der Waals surface area contributed by atoms with Crippen LogP contribution in [0.25, 0.3) is 0 Å². The van der Waals surface area contributed by atoms with Gasteiger partial charge in [-0.2, -0.15) is 13.2 Å². The third-order valence-corrected chi connectivity index (χ3v) is 1.82. The zero-order chi connectivity index (χ0) is 12.2. The highest BCUT2D eigenvalue weighted by Crippen LogP contribution is 2.21. The standard InChI is InChI=1S/C9H11F3N2O2/c1-16-8-4-6(2-3-13-8)14-5-7(15)9(10,11)12/h2-4,7,15H,5H2,1H3,(H,13,14). The molecule has 0 amide bonds. The number of hydrogen-bond donors (Lipinski definition) is 2. The highest BCUT2D eigenvalue weighted by atomic mass is 19.4. The first-order valence-electron chi connectivity index (χ1n) is 4.42. The van der Waals surface area contributed by atoms with Crippen LogP contribution >= 0.6 is 0 Å². The summed E-state index contributed by atoms with van der Waals surface area (Å²) in [4.78, 5) is 3.79. The molecular formula is C9H11F3N2O2. The number of rotatable bonds is 4. The molecule has 1 heterocycles. The fraction of sp³-hybridized carbons (Fsp3) is 0.444. The first-order chi connectivity index (χ1) is 7.43. The molecule has 1 unspecified atom stereocenters. The Kier molecular flexibility index (Phi) is 3.94. The van der Waals surface area contributed by atoms with Crippen LogP contribution in [0.15, 0.2) is 18.3 Å². The number of halogens is 3. The Labute approximate surface area is 90.1 Å². The number of anilines is 1. The van der Waals surface area contributed by atoms with Gasteiger partial charge in [-0.25, -0.2) is 4.98 Å². The van der Waals surface area contributed by atoms with Gasteiger partial charge in [0.2, 0.25) is 5.88 Å². The minimum Gasteiger partial charge on any atom is -0.481 e. The lowest BCUT2D eigenvalue weighted by molar-refractivity contribution is -0.198. The predicted molar refractivity (Wildman–Crippen MR) is 51.3 cm³/mol. The minimum atomic E-state index is -4.62. The number of aromatic nitrogens is 1. The van der Waals surface area contributed by atoms with E-state index in [2.05, 4.69) is 10.3 Å². The van der Waals surface area contributed by atoms with E-state index in [0.717, 1.165) is 0 Å². The van der Waals surface area contributed by atoms with E-state index in [-0.39, 0.29) is 5.88 Å². The van der Waals surface area contributed by atoms with Gasteiger partial charge in [0, 0.05) is 24.5 Å². The maximum atomic E-state index is 12.0. The van der Waals surface area contributed by atoms with Crippen LogP contribution < -0.4 is 10.1 Å². The van der Waals surface area contributed by atoms with Crippen LogP contribution in [-0.2, 0) is 0 Å². The molecule has 90 valence electrons. The SMILES string of the molecule is COc1cc(NCC(O)C(F)(F)F)ccn1. The van der Waals surface area contributed by atoms with Crippen molar-refractivity contribution in [1.82, 2.24) is 4.98 Å². The molecule has 1 aromatic heterocycles. The van der Waals surface area contributed by atoms with Gasteiger partial charge in [0.05, 0.1) is 7.11 Å². The first-order valence-corrected chi connectivity index (χ1v) is 4.42. The molecule has 0 aliphatic rings. The smallest absolute Gasteiger partial charge is 0.416 e. The monoisotopic (exact) mass is 236 g/mol. The summed E-state index contributed by atoms with van der Waals surface area (Å²) in [6.07, 6.45) is -5.63. The molecule has 0 bridgehead atoms. The largest absolute Gasteiger partial charge is 0.481 e. The predicted octanol–water partition coefficient (Wildman–Crippen LogP) is 1.43. The third-order valence-electron chi connectivity index (χ3n) is 1.82. The van der Waals surface area contributed by atoms with E-state index in [1.54, 1.807) is 0 Å². The molecule has 4 nitrogen and oxygen atoms in total. The second-order valence-electron chi connectivity index (χ2n) is 3.03. The molecule has 0 spiro atoms. The van der Waals surface area contributed by atoms with Gasteiger partial charge in [-0.1, -0.05) is 0 Å². The van der Waals surface area contributed by atoms with Crippen molar-refractivity contribution in [3.63, 3.8) is 0 Å². The molecular weight excluding hydrogens is 225 g/mol. The quantitative estimate of drug-likeness (QED) is 0.830. The van der Waals surface area contributed by atoms with Crippen LogP contribution in [0.1, 0.15) is 0 Å². The van der Waals surface area contributed by atoms with E-state index < -0.39 is 18.8 Å². The number of hydrogen-bond acceptors (Lipinski definition) is 4. The van der Waals surface area contributed by atoms with E-state index in [4.69, 9.17) is 9.84 Å². The summed E-state index contributed by atoms with van der Waals surface area (Å²) in [6, 6.07) is 2.91. The van der Waals surface area contributed by atoms with Gasteiger partial charge >= 0.3 is 6.18 Å². The Morgan fingerprint density at radius 3 is 2.81 bits per heavy atom. The summed E-state index contributed by atoms with van der Waals surface area (Å²) >= 11 is 0. The molecule has 1 atom stereocenters. The van der Waals surface area contributed by atoms with Crippen molar-refractivity contribution in [2.75, 3.05) is 19.0 Å². The van der Waals surface area contributed by atoms with E-state index in [9.17, 15) is 13.2 Å². The molecule has 1 aromatic rings. The summed E-state index contributed by atoms with van der Waals surface area (Å²) in [6.45, 7) is -0.614. The van der Waals surface area contributed by atoms with Gasteiger partial charge in [0.25, 0.3) is 0 Å². The topological polar surface area (TPSA) is 54.4 Å². The number of alkyl halides is 3. The Morgan fingerprint density at radius 1 is 1.56 bits per heavy atom. The fourth-order valence-corrected chi connectivity index (χ4v) is 0.961. The highest BCUT2D eigenvalue weighted by Gasteiger charge is 2.37. The molecule has 0 saturated carbocycles. The Morgan fingerprint density at radius 2 is 2.25 bits per heavy atom. The summed E-state index contributed by atoms with van der Waals surface area (Å²) < 4.78 is 40.7. The second-order valence-corrected chi connectivity index (χ2v) is 3.03. The van der Waals surface area contributed by atoms with Crippen LogP contribution in [0.3, 0.4) is 0 Å². The molecule has 1 rings (SSSR count). The lowest BCUT2D eigenvalue weighted by Gasteiger charge is -2.15. The molecule has 0 aliphatic carbocycles. The van der Waals surface area contributed by atoms with E-state index in [1.807, 2.05) is 0 Å². The van der Waals surface area contributed by atoms with Crippen molar-refractivity contribution in [3.05, 3.63) is 18.3 Å². The number of methoxy groups -OCH3 is 1. The van der Waals surface area contributed by atoms with Gasteiger partial charge in [0.1, 0.15) is 0 Å². The average molecular weight is 236 g/mol. The molecule has 0 aromatic carbocycles. The summed E-state index contributed by atoms with van der Waals surface area (Å²) in [7, 11) is 1.40. The average Bonchev–Trinajstić information content (AvgIpc) is 2.25. The van der Waals surface area contributed by atoms with E-state index in [1.165, 1.54) is 25.4 Å². The normalized spacial score (nSPS) is 13.3. The van der Waals surface area contributed by atoms with Crippen LogP contribution in [0.5, 0.6) is 5.88 Å². The molecule has 0 aliphatic heterocycles. The Balaban J connectivity index is 2.54. The van der Waals surface area contributed by atoms with Crippen molar-refractivity contribution < 1.29 is 23.0 Å². The van der Waals surface area contributed by atoms with Crippen molar-refractivity contribution in [3.8, 4) is 5.88 Å². The Hall–Kier alpha value is -1.50. The minimum absolute atomic E-state index is 0.284. The highest BCUT2D eigenvalue weighted by molar-refractivity contribution is 5.45. The molecule has 0 fully saturated rings. The first kappa shape index (κ1) is 12.6. The molecule has 0 saturated heterocycles. The maximum absolute atomic E-state index is 12.0. The summed E-state index contributed by atoms with van der Waals surface area (Å²) in [5.74, 6) is 0.284. The van der Waals surface area contributed by atoms with Gasteiger partial charge in [0.15, 0.2) is 6.10 Å². The second kappa shape index (κ2) is 5.02. The molecule has 2 N–H and O–H groups in total. The number of ether oxygens (including phenoxy) is 1. The van der Waals surface area contributed by atoms with Gasteiger partial charge in [-0.05, 0) is 6.07 Å². The molecule has 0 radical (unpaired) electrons. The number of aliphatic hydroxyl groups is 1. The van der Waals surface area contributed by atoms with Crippen molar-refractivity contribution >= 4 is 5.69 Å². The van der Waals surface area contributed by atoms with Crippen molar-refractivity contribution in [2.45, 2.75) is 12.3 Å². The van der Waals surface area contributed by atoms with E-state index in [0.29, 0.717) is 5.69 Å². The summed E-state index contributed by atoms with van der Waals surface area (Å²) in [5.41, 5.74) is 0.398. The number of aliphatic hydroxyl groups excluding tert-OH is 1. The van der Waals surface area contributed by atoms with Crippen LogP contribution in [0, 0.1) is 0 Å².